The van der Waals surface area contributed by atoms with Gasteiger partial charge in [0.25, 0.3) is 0 Å². The van der Waals surface area contributed by atoms with Crippen molar-refractivity contribution in [2.24, 2.45) is 34.0 Å². The summed E-state index contributed by atoms with van der Waals surface area (Å²) in [7, 11) is 0. The molecule has 0 bridgehead atoms. The molecule has 1 aromatic heterocycles. The second-order valence-electron chi connectivity index (χ2n) is 16.3. The topological polar surface area (TPSA) is 418 Å². The van der Waals surface area contributed by atoms with E-state index in [9.17, 15) is 58.2 Å². The van der Waals surface area contributed by atoms with Gasteiger partial charge < -0.3 is 74.5 Å². The zero-order valence-electron chi connectivity index (χ0n) is 37.2. The number of aliphatic carboxylic acids is 2. The number of nitrogens with one attached hydrogen (secondary N) is 8. The number of carbonyl (C=O) groups is 10. The quantitative estimate of drug-likeness (QED) is 0.0224. The van der Waals surface area contributed by atoms with E-state index in [1.54, 1.807) is 13.8 Å². The lowest BCUT2D eigenvalue weighted by molar-refractivity contribution is -0.143. The van der Waals surface area contributed by atoms with Crippen LogP contribution in [0, 0.1) is 11.8 Å². The van der Waals surface area contributed by atoms with E-state index < -0.39 is 127 Å². The molecule has 0 spiro atoms. The minimum absolute atomic E-state index is 0.00920. The summed E-state index contributed by atoms with van der Waals surface area (Å²) in [6.07, 6.45) is 2.87. The summed E-state index contributed by atoms with van der Waals surface area (Å²) in [5, 5.41) is 35.8. The van der Waals surface area contributed by atoms with Crippen LogP contribution in [0.5, 0.6) is 0 Å². The van der Waals surface area contributed by atoms with E-state index >= 15 is 0 Å². The molecular formula is C39H64N14O12. The first kappa shape index (κ1) is 54.3. The molecule has 2 heterocycles. The van der Waals surface area contributed by atoms with Crippen LogP contribution in [-0.4, -0.2) is 159 Å². The zero-order chi connectivity index (χ0) is 49.0. The standard InChI is InChI=1S/C39H64N14O12/c1-19(2)12-23(40)33(59)50-26(14-30(56)57)34(60)51-25(13-22-15-43-18-47-22)35(61)52-31(20(3)4)37(63)53-11-7-9-27(53)36(62)46-16-28(54)45-17-29(55)48-21(5)32(58)49-24(38(64)65)8-6-10-44-39(41)42/h15,18-21,23-27,31H,6-14,16-17,40H2,1-5H3,(H,43,47)(H,45,54)(H,46,62)(H,48,55)(H,49,58)(H,50,59)(H,51,60)(H,52,61)(H,56,57)(H,64,65)(H4,41,42,44)/t21-,23-,24-,25-,26-,27-,31-/m0/s1. The van der Waals surface area contributed by atoms with E-state index in [0.717, 1.165) is 0 Å². The second-order valence-corrected chi connectivity index (χ2v) is 16.3. The number of carboxylic acid groups (broad SMARTS) is 2. The van der Waals surface area contributed by atoms with Gasteiger partial charge in [-0.15, -0.1) is 0 Å². The van der Waals surface area contributed by atoms with Crippen molar-refractivity contribution in [3.8, 4) is 0 Å². The van der Waals surface area contributed by atoms with Crippen molar-refractivity contribution in [2.45, 2.75) is 122 Å². The number of likely N-dealkylation sites (tertiary alicyclic amines) is 1. The van der Waals surface area contributed by atoms with Crippen LogP contribution in [0.4, 0.5) is 0 Å². The molecule has 362 valence electrons. The average molecular weight is 921 g/mol. The Kier molecular flexibility index (Phi) is 22.3. The molecule has 1 aliphatic heterocycles. The van der Waals surface area contributed by atoms with Crippen LogP contribution in [0.2, 0.25) is 0 Å². The molecule has 7 atom stereocenters. The van der Waals surface area contributed by atoms with Crippen LogP contribution in [0.1, 0.15) is 78.8 Å². The Bertz CT molecular complexity index is 1870. The van der Waals surface area contributed by atoms with Crippen LogP contribution in [-0.2, 0) is 54.4 Å². The summed E-state index contributed by atoms with van der Waals surface area (Å²) in [5.74, 6) is -9.69. The SMILES string of the molecule is CC(C)C[C@H](N)C(=O)N[C@@H](CC(=O)O)C(=O)N[C@@H](Cc1cnc[nH]1)C(=O)N[C@H](C(=O)N1CCC[C@H]1C(=O)NCC(=O)NCC(=O)N[C@@H](C)C(=O)N[C@@H](CCCN=C(N)N)C(=O)O)C(C)C. The first-order chi connectivity index (χ1) is 30.5. The van der Waals surface area contributed by atoms with Crippen LogP contribution >= 0.6 is 0 Å². The molecule has 1 fully saturated rings. The second kappa shape index (κ2) is 26.7. The molecule has 0 radical (unpaired) electrons. The summed E-state index contributed by atoms with van der Waals surface area (Å²) >= 11 is 0. The van der Waals surface area contributed by atoms with Gasteiger partial charge in [0, 0.05) is 31.4 Å². The van der Waals surface area contributed by atoms with Gasteiger partial charge in [-0.05, 0) is 50.9 Å². The first-order valence-corrected chi connectivity index (χ1v) is 21.1. The molecule has 0 aromatic carbocycles. The monoisotopic (exact) mass is 920 g/mol. The molecule has 16 N–H and O–H groups in total. The number of nitrogens with zero attached hydrogens (tertiary/aromatic N) is 3. The largest absolute Gasteiger partial charge is 0.481 e. The highest BCUT2D eigenvalue weighted by atomic mass is 16.4. The van der Waals surface area contributed by atoms with Crippen molar-refractivity contribution in [1.82, 2.24) is 52.1 Å². The lowest BCUT2D eigenvalue weighted by Crippen LogP contribution is -2.60. The van der Waals surface area contributed by atoms with Crippen LogP contribution in [0.15, 0.2) is 17.5 Å². The fourth-order valence-electron chi connectivity index (χ4n) is 6.57. The Balaban J connectivity index is 2.04. The molecule has 0 aliphatic carbocycles. The Morgan fingerprint density at radius 1 is 0.831 bits per heavy atom. The van der Waals surface area contributed by atoms with Gasteiger partial charge in [-0.25, -0.2) is 9.78 Å². The molecule has 1 aliphatic rings. The summed E-state index contributed by atoms with van der Waals surface area (Å²) in [5.41, 5.74) is 16.8. The maximum Gasteiger partial charge on any atom is 0.326 e. The number of amides is 8. The molecular weight excluding hydrogens is 857 g/mol. The molecule has 0 saturated carbocycles. The van der Waals surface area contributed by atoms with Crippen molar-refractivity contribution < 1.29 is 58.2 Å². The highest BCUT2D eigenvalue weighted by Gasteiger charge is 2.40. The Morgan fingerprint density at radius 3 is 2.05 bits per heavy atom. The normalized spacial score (nSPS) is 16.1. The maximum absolute atomic E-state index is 14.0. The lowest BCUT2D eigenvalue weighted by Gasteiger charge is -2.31. The number of carbonyl (C=O) groups excluding carboxylic acids is 8. The number of imidazole rings is 1. The van der Waals surface area contributed by atoms with Crippen LogP contribution < -0.4 is 54.4 Å². The molecule has 1 aromatic rings. The molecule has 2 rings (SSSR count). The van der Waals surface area contributed by atoms with Gasteiger partial charge in [-0.3, -0.25) is 48.1 Å². The highest BCUT2D eigenvalue weighted by molar-refractivity contribution is 5.98. The van der Waals surface area contributed by atoms with Crippen LogP contribution in [0.3, 0.4) is 0 Å². The Morgan fingerprint density at radius 2 is 1.46 bits per heavy atom. The van der Waals surface area contributed by atoms with Crippen LogP contribution in [0.25, 0.3) is 0 Å². The third-order valence-electron chi connectivity index (χ3n) is 9.95. The summed E-state index contributed by atoms with van der Waals surface area (Å²) < 4.78 is 0. The number of aliphatic imine (C=N–C) groups is 1. The van der Waals surface area contributed by atoms with Gasteiger partial charge in [0.05, 0.1) is 31.9 Å². The molecule has 8 amide bonds. The predicted octanol–water partition coefficient (Wildman–Crippen LogP) is -4.74. The predicted molar refractivity (Wildman–Crippen MR) is 230 cm³/mol. The van der Waals surface area contributed by atoms with E-state index in [0.29, 0.717) is 12.1 Å². The third-order valence-corrected chi connectivity index (χ3v) is 9.95. The summed E-state index contributed by atoms with van der Waals surface area (Å²) in [4.78, 5) is 140. The fourth-order valence-corrected chi connectivity index (χ4v) is 6.57. The number of guanidine groups is 1. The smallest absolute Gasteiger partial charge is 0.326 e. The first-order valence-electron chi connectivity index (χ1n) is 21.1. The molecule has 65 heavy (non-hydrogen) atoms. The third kappa shape index (κ3) is 19.2. The number of H-pyrrole nitrogens is 1. The number of rotatable bonds is 27. The minimum Gasteiger partial charge on any atom is -0.481 e. The number of carboxylic acids is 2. The molecule has 26 nitrogen and oxygen atoms in total. The van der Waals surface area contributed by atoms with E-state index in [1.165, 1.54) is 24.3 Å². The van der Waals surface area contributed by atoms with E-state index in [1.807, 2.05) is 13.8 Å². The molecule has 26 heteroatoms. The molecule has 1 saturated heterocycles. The number of hydrogen-bond acceptors (Lipinski definition) is 13. The maximum atomic E-state index is 14.0. The lowest BCUT2D eigenvalue weighted by atomic mass is 10.0. The highest BCUT2D eigenvalue weighted by Crippen LogP contribution is 2.21. The van der Waals surface area contributed by atoms with Gasteiger partial charge >= 0.3 is 11.9 Å². The Labute approximate surface area is 375 Å². The van der Waals surface area contributed by atoms with Crippen molar-refractivity contribution in [3.05, 3.63) is 18.2 Å². The van der Waals surface area contributed by atoms with Crippen molar-refractivity contribution in [3.63, 3.8) is 0 Å². The Hall–Kier alpha value is -6.86. The number of hydrogen-bond donors (Lipinski definition) is 13. The number of aromatic amines is 1. The van der Waals surface area contributed by atoms with Gasteiger partial charge in [-0.2, -0.15) is 0 Å². The average Bonchev–Trinajstić information content (AvgIpc) is 3.93. The van der Waals surface area contributed by atoms with Gasteiger partial charge in [0.2, 0.25) is 47.3 Å². The van der Waals surface area contributed by atoms with E-state index in [2.05, 4.69) is 52.2 Å². The van der Waals surface area contributed by atoms with Gasteiger partial charge in [0.15, 0.2) is 5.96 Å². The van der Waals surface area contributed by atoms with Crippen molar-refractivity contribution >= 4 is 65.2 Å². The van der Waals surface area contributed by atoms with E-state index in [4.69, 9.17) is 17.2 Å². The van der Waals surface area contributed by atoms with Crippen molar-refractivity contribution in [2.75, 3.05) is 26.2 Å². The minimum atomic E-state index is -1.61. The van der Waals surface area contributed by atoms with Gasteiger partial charge in [0.1, 0.15) is 36.3 Å². The molecule has 0 unspecified atom stereocenters. The van der Waals surface area contributed by atoms with E-state index in [-0.39, 0.29) is 57.1 Å². The summed E-state index contributed by atoms with van der Waals surface area (Å²) in [6.45, 7) is 7.35. The zero-order valence-corrected chi connectivity index (χ0v) is 37.2. The summed E-state index contributed by atoms with van der Waals surface area (Å²) in [6, 6.07) is -8.77. The fraction of sp³-hybridized carbons (Fsp3) is 0.641. The number of nitrogens with two attached hydrogens (primary N) is 3. The number of aromatic nitrogens is 2. The van der Waals surface area contributed by atoms with Gasteiger partial charge in [-0.1, -0.05) is 27.7 Å². The van der Waals surface area contributed by atoms with Crippen molar-refractivity contribution in [1.29, 1.82) is 0 Å².